The molecule has 0 fully saturated rings. The zero-order valence-electron chi connectivity index (χ0n) is 10.0. The monoisotopic (exact) mass is 334 g/mol. The second-order valence-corrected chi connectivity index (χ2v) is 5.05. The molecule has 0 aliphatic rings. The number of phenolic OH excluding ortho intramolecular Hbond substituents is 1. The Bertz CT molecular complexity index is 753. The van der Waals surface area contributed by atoms with Crippen LogP contribution in [0.1, 0.15) is 0 Å². The van der Waals surface area contributed by atoms with E-state index >= 15 is 0 Å². The highest BCUT2D eigenvalue weighted by Gasteiger charge is 2.12. The van der Waals surface area contributed by atoms with Gasteiger partial charge in [0, 0.05) is 15.6 Å². The zero-order chi connectivity index (χ0) is 14.1. The molecule has 0 bridgehead atoms. The second kappa shape index (κ2) is 5.05. The molecule has 0 atom stereocenters. The third-order valence-electron chi connectivity index (χ3n) is 2.64. The van der Waals surface area contributed by atoms with E-state index in [1.165, 1.54) is 18.2 Å². The number of nitrogens with zero attached hydrogens (tertiary/aromatic N) is 2. The lowest BCUT2D eigenvalue weighted by Crippen LogP contribution is -1.84. The van der Waals surface area contributed by atoms with Gasteiger partial charge in [0.1, 0.15) is 11.6 Å². The van der Waals surface area contributed by atoms with Gasteiger partial charge in [-0.2, -0.15) is 4.98 Å². The number of hydrogen-bond acceptors (Lipinski definition) is 4. The van der Waals surface area contributed by atoms with Crippen molar-refractivity contribution in [2.45, 2.75) is 0 Å². The molecule has 1 aromatic heterocycles. The van der Waals surface area contributed by atoms with E-state index in [1.807, 2.05) is 0 Å². The molecule has 3 aromatic rings. The van der Waals surface area contributed by atoms with Crippen LogP contribution in [-0.2, 0) is 0 Å². The molecule has 1 heterocycles. The number of aromatic hydroxyl groups is 1. The maximum Gasteiger partial charge on any atom is 0.258 e. The van der Waals surface area contributed by atoms with Gasteiger partial charge in [-0.05, 0) is 36.4 Å². The predicted octanol–water partition coefficient (Wildman–Crippen LogP) is 4.01. The average molecular weight is 335 g/mol. The third kappa shape index (κ3) is 2.55. The Morgan fingerprint density at radius 1 is 1.10 bits per heavy atom. The van der Waals surface area contributed by atoms with Gasteiger partial charge in [0.15, 0.2) is 0 Å². The van der Waals surface area contributed by atoms with Crippen molar-refractivity contribution in [1.29, 1.82) is 0 Å². The van der Waals surface area contributed by atoms with Crippen LogP contribution in [-0.4, -0.2) is 15.2 Å². The molecule has 3 rings (SSSR count). The summed E-state index contributed by atoms with van der Waals surface area (Å²) in [6.45, 7) is 0. The summed E-state index contributed by atoms with van der Waals surface area (Å²) in [6, 6.07) is 10.8. The Labute approximate surface area is 122 Å². The molecule has 0 radical (unpaired) electrons. The van der Waals surface area contributed by atoms with Gasteiger partial charge in [0.05, 0.1) is 0 Å². The minimum Gasteiger partial charge on any atom is -0.508 e. The summed E-state index contributed by atoms with van der Waals surface area (Å²) >= 11 is 3.21. The van der Waals surface area contributed by atoms with Crippen LogP contribution in [0.2, 0.25) is 0 Å². The van der Waals surface area contributed by atoms with Crippen molar-refractivity contribution >= 4 is 15.9 Å². The molecule has 0 spiro atoms. The van der Waals surface area contributed by atoms with Crippen LogP contribution in [0.5, 0.6) is 5.75 Å². The van der Waals surface area contributed by atoms with Crippen molar-refractivity contribution in [2.24, 2.45) is 0 Å². The Morgan fingerprint density at radius 3 is 2.70 bits per heavy atom. The molecule has 2 aromatic carbocycles. The molecule has 20 heavy (non-hydrogen) atoms. The van der Waals surface area contributed by atoms with E-state index in [1.54, 1.807) is 24.3 Å². The Kier molecular flexibility index (Phi) is 3.23. The third-order valence-corrected chi connectivity index (χ3v) is 3.10. The Morgan fingerprint density at radius 2 is 1.95 bits per heavy atom. The first-order valence-corrected chi connectivity index (χ1v) is 6.51. The molecule has 0 aliphatic heterocycles. The van der Waals surface area contributed by atoms with E-state index < -0.39 is 5.82 Å². The summed E-state index contributed by atoms with van der Waals surface area (Å²) in [4.78, 5) is 4.20. The predicted molar refractivity (Wildman–Crippen MR) is 74.5 cm³/mol. The van der Waals surface area contributed by atoms with Crippen LogP contribution in [0.15, 0.2) is 51.5 Å². The van der Waals surface area contributed by atoms with E-state index in [2.05, 4.69) is 26.1 Å². The molecule has 0 unspecified atom stereocenters. The highest BCUT2D eigenvalue weighted by Crippen LogP contribution is 2.26. The number of phenols is 1. The summed E-state index contributed by atoms with van der Waals surface area (Å²) in [5.74, 6) is 0.258. The molecule has 1 N–H and O–H groups in total. The first-order chi connectivity index (χ1) is 9.61. The van der Waals surface area contributed by atoms with Crippen LogP contribution in [0.25, 0.3) is 22.8 Å². The van der Waals surface area contributed by atoms with Gasteiger partial charge < -0.3 is 9.63 Å². The second-order valence-electron chi connectivity index (χ2n) is 4.13. The van der Waals surface area contributed by atoms with Crippen molar-refractivity contribution in [3.8, 4) is 28.6 Å². The zero-order valence-corrected chi connectivity index (χ0v) is 11.6. The lowest BCUT2D eigenvalue weighted by Gasteiger charge is -1.96. The SMILES string of the molecule is Oc1cccc(-c2nc(-c3cc(F)cc(Br)c3)no2)c1. The van der Waals surface area contributed by atoms with Crippen LogP contribution in [0.3, 0.4) is 0 Å². The lowest BCUT2D eigenvalue weighted by molar-refractivity contribution is 0.431. The smallest absolute Gasteiger partial charge is 0.258 e. The van der Waals surface area contributed by atoms with Crippen LogP contribution in [0.4, 0.5) is 4.39 Å². The molecule has 0 aliphatic carbocycles. The van der Waals surface area contributed by atoms with Crippen molar-refractivity contribution in [2.75, 3.05) is 0 Å². The fourth-order valence-corrected chi connectivity index (χ4v) is 2.25. The lowest BCUT2D eigenvalue weighted by atomic mass is 10.2. The number of benzene rings is 2. The van der Waals surface area contributed by atoms with Gasteiger partial charge in [-0.15, -0.1) is 0 Å². The van der Waals surface area contributed by atoms with Gasteiger partial charge in [-0.3, -0.25) is 0 Å². The van der Waals surface area contributed by atoms with E-state index in [9.17, 15) is 9.50 Å². The summed E-state index contributed by atoms with van der Waals surface area (Å²) < 4.78 is 19.1. The minimum absolute atomic E-state index is 0.107. The molecule has 6 heteroatoms. The maximum atomic E-state index is 13.3. The number of halogens is 2. The van der Waals surface area contributed by atoms with Crippen LogP contribution >= 0.6 is 15.9 Å². The Balaban J connectivity index is 2.02. The summed E-state index contributed by atoms with van der Waals surface area (Å²) in [5.41, 5.74) is 1.10. The molecule has 0 saturated carbocycles. The van der Waals surface area contributed by atoms with E-state index in [0.717, 1.165) is 0 Å². The normalized spacial score (nSPS) is 10.7. The van der Waals surface area contributed by atoms with Crippen molar-refractivity contribution in [3.63, 3.8) is 0 Å². The molecular formula is C14H8BrFN2O2. The van der Waals surface area contributed by atoms with E-state index in [-0.39, 0.29) is 17.5 Å². The minimum atomic E-state index is -0.391. The summed E-state index contributed by atoms with van der Waals surface area (Å²) in [6.07, 6.45) is 0. The van der Waals surface area contributed by atoms with Crippen molar-refractivity contribution in [3.05, 3.63) is 52.8 Å². The number of hydrogen-bond donors (Lipinski definition) is 1. The first-order valence-electron chi connectivity index (χ1n) is 5.71. The van der Waals surface area contributed by atoms with Crippen LogP contribution in [0, 0.1) is 5.82 Å². The summed E-state index contributed by atoms with van der Waals surface area (Å²) in [7, 11) is 0. The van der Waals surface area contributed by atoms with Crippen molar-refractivity contribution < 1.29 is 14.0 Å². The van der Waals surface area contributed by atoms with Gasteiger partial charge in [0.25, 0.3) is 5.89 Å². The van der Waals surface area contributed by atoms with Gasteiger partial charge in [0.2, 0.25) is 5.82 Å². The summed E-state index contributed by atoms with van der Waals surface area (Å²) in [5, 5.41) is 13.2. The van der Waals surface area contributed by atoms with Crippen LogP contribution < -0.4 is 0 Å². The quantitative estimate of drug-likeness (QED) is 0.769. The van der Waals surface area contributed by atoms with Crippen molar-refractivity contribution in [1.82, 2.24) is 10.1 Å². The number of aromatic nitrogens is 2. The standard InChI is InChI=1S/C14H8BrFN2O2/c15-10-4-9(5-11(16)7-10)13-17-14(20-18-13)8-2-1-3-12(19)6-8/h1-7,19H. The van der Waals surface area contributed by atoms with Gasteiger partial charge in [-0.25, -0.2) is 4.39 Å². The highest BCUT2D eigenvalue weighted by atomic mass is 79.9. The maximum absolute atomic E-state index is 13.3. The Hall–Kier alpha value is -2.21. The van der Waals surface area contributed by atoms with Gasteiger partial charge >= 0.3 is 0 Å². The first kappa shape index (κ1) is 12.8. The molecule has 0 saturated heterocycles. The largest absolute Gasteiger partial charge is 0.508 e. The highest BCUT2D eigenvalue weighted by molar-refractivity contribution is 9.10. The number of rotatable bonds is 2. The topological polar surface area (TPSA) is 59.2 Å². The van der Waals surface area contributed by atoms with E-state index in [4.69, 9.17) is 4.52 Å². The molecule has 4 nitrogen and oxygen atoms in total. The average Bonchev–Trinajstić information content (AvgIpc) is 2.87. The molecule has 100 valence electrons. The fraction of sp³-hybridized carbons (Fsp3) is 0. The van der Waals surface area contributed by atoms with E-state index in [0.29, 0.717) is 15.6 Å². The van der Waals surface area contributed by atoms with Gasteiger partial charge in [-0.1, -0.05) is 27.2 Å². The molecular weight excluding hydrogens is 327 g/mol. The molecule has 0 amide bonds. The fourth-order valence-electron chi connectivity index (χ4n) is 1.78.